The Labute approximate surface area is 78.3 Å². The van der Waals surface area contributed by atoms with Crippen LogP contribution in [0, 0.1) is 0 Å². The van der Waals surface area contributed by atoms with E-state index in [2.05, 4.69) is 6.58 Å². The Hall–Kier alpha value is -0.860. The average molecular weight is 244 g/mol. The fraction of sp³-hybridized carbons (Fsp3) is 0.667. The first-order valence-corrected chi connectivity index (χ1v) is 3.22. The van der Waals surface area contributed by atoms with Gasteiger partial charge in [0, 0.05) is 0 Å². The Balaban J connectivity index is 4.80. The summed E-state index contributed by atoms with van der Waals surface area (Å²) in [4.78, 5) is 0. The van der Waals surface area contributed by atoms with Gasteiger partial charge in [-0.05, 0) is 6.08 Å². The summed E-state index contributed by atoms with van der Waals surface area (Å²) in [5.74, 6) is -4.82. The molecule has 0 aromatic heterocycles. The molecule has 0 aromatic rings. The Morgan fingerprint density at radius 3 is 1.67 bits per heavy atom. The molecule has 0 heterocycles. The highest BCUT2D eigenvalue weighted by molar-refractivity contribution is 4.96. The minimum Gasteiger partial charge on any atom is -0.231 e. The molecule has 0 rings (SSSR count). The quantitative estimate of drug-likeness (QED) is 0.544. The van der Waals surface area contributed by atoms with E-state index in [0.29, 0.717) is 0 Å². The third-order valence-electron chi connectivity index (χ3n) is 1.16. The van der Waals surface area contributed by atoms with Crippen LogP contribution in [0.2, 0.25) is 0 Å². The van der Waals surface area contributed by atoms with Crippen LogP contribution in [-0.2, 0) is 4.74 Å². The van der Waals surface area contributed by atoms with Crippen molar-refractivity contribution in [3.63, 3.8) is 0 Å². The lowest BCUT2D eigenvalue weighted by Crippen LogP contribution is -2.47. The number of ether oxygens (including phenoxy) is 1. The van der Waals surface area contributed by atoms with E-state index in [4.69, 9.17) is 0 Å². The maximum atomic E-state index is 12.3. The summed E-state index contributed by atoms with van der Waals surface area (Å²) in [6, 6.07) is 0. The number of allylic oxidation sites excluding steroid dienone is 1. The molecule has 1 nitrogen and oxygen atoms in total. The van der Waals surface area contributed by atoms with Crippen molar-refractivity contribution >= 4 is 0 Å². The van der Waals surface area contributed by atoms with E-state index in [9.17, 15) is 35.1 Å². The van der Waals surface area contributed by atoms with Crippen LogP contribution in [0.15, 0.2) is 12.7 Å². The standard InChI is InChI=1S/C6H4F8O/c1-2-4(8,9)3(7)5(10,11)15-6(12,13)14/h2-3H,1H2. The van der Waals surface area contributed by atoms with Gasteiger partial charge in [-0.1, -0.05) is 6.58 Å². The van der Waals surface area contributed by atoms with Gasteiger partial charge in [-0.3, -0.25) is 0 Å². The Bertz CT molecular complexity index is 232. The van der Waals surface area contributed by atoms with E-state index in [0.717, 1.165) is 0 Å². The normalized spacial score (nSPS) is 16.3. The highest BCUT2D eigenvalue weighted by Gasteiger charge is 2.60. The molecule has 1 unspecified atom stereocenters. The molecule has 9 heteroatoms. The second kappa shape index (κ2) is 3.95. The van der Waals surface area contributed by atoms with Crippen molar-refractivity contribution in [2.45, 2.75) is 24.6 Å². The van der Waals surface area contributed by atoms with E-state index in [1.807, 2.05) is 4.74 Å². The smallest absolute Gasteiger partial charge is 0.231 e. The minimum atomic E-state index is -5.93. The zero-order valence-electron chi connectivity index (χ0n) is 6.79. The summed E-state index contributed by atoms with van der Waals surface area (Å²) < 4.78 is 96.7. The van der Waals surface area contributed by atoms with E-state index >= 15 is 0 Å². The zero-order chi connectivity index (χ0) is 12.5. The van der Waals surface area contributed by atoms with Crippen LogP contribution in [-0.4, -0.2) is 24.6 Å². The molecule has 0 fully saturated rings. The fourth-order valence-electron chi connectivity index (χ4n) is 0.534. The summed E-state index contributed by atoms with van der Waals surface area (Å²) in [5, 5.41) is 0. The summed E-state index contributed by atoms with van der Waals surface area (Å²) in [7, 11) is 0. The number of rotatable bonds is 4. The number of hydrogen-bond donors (Lipinski definition) is 0. The lowest BCUT2D eigenvalue weighted by atomic mass is 10.2. The molecular weight excluding hydrogens is 240 g/mol. The second-order valence-electron chi connectivity index (χ2n) is 2.35. The van der Waals surface area contributed by atoms with Gasteiger partial charge < -0.3 is 0 Å². The molecule has 0 spiro atoms. The first-order chi connectivity index (χ1) is 6.42. The first-order valence-electron chi connectivity index (χ1n) is 3.22. The molecule has 0 bridgehead atoms. The summed E-state index contributed by atoms with van der Waals surface area (Å²) in [6.45, 7) is 2.30. The molecule has 15 heavy (non-hydrogen) atoms. The third kappa shape index (κ3) is 4.02. The van der Waals surface area contributed by atoms with Crippen LogP contribution >= 0.6 is 0 Å². The van der Waals surface area contributed by atoms with E-state index < -0.39 is 30.6 Å². The molecule has 0 saturated carbocycles. The van der Waals surface area contributed by atoms with Gasteiger partial charge >= 0.3 is 18.4 Å². The van der Waals surface area contributed by atoms with E-state index in [1.54, 1.807) is 0 Å². The van der Waals surface area contributed by atoms with Crippen LogP contribution in [0.3, 0.4) is 0 Å². The SMILES string of the molecule is C=CC(F)(F)C(F)C(F)(F)OC(F)(F)F. The van der Waals surface area contributed by atoms with Crippen molar-refractivity contribution in [2.24, 2.45) is 0 Å². The molecule has 1 atom stereocenters. The van der Waals surface area contributed by atoms with Crippen LogP contribution < -0.4 is 0 Å². The van der Waals surface area contributed by atoms with Gasteiger partial charge in [0.05, 0.1) is 0 Å². The van der Waals surface area contributed by atoms with Gasteiger partial charge in [0.15, 0.2) is 0 Å². The summed E-state index contributed by atoms with van der Waals surface area (Å²) in [6.07, 6.45) is -16.6. The lowest BCUT2D eigenvalue weighted by Gasteiger charge is -2.25. The second-order valence-corrected chi connectivity index (χ2v) is 2.35. The van der Waals surface area contributed by atoms with Crippen molar-refractivity contribution in [3.8, 4) is 0 Å². The fourth-order valence-corrected chi connectivity index (χ4v) is 0.534. The van der Waals surface area contributed by atoms with Gasteiger partial charge in [-0.2, -0.15) is 17.6 Å². The van der Waals surface area contributed by atoms with Gasteiger partial charge in [-0.25, -0.2) is 9.13 Å². The van der Waals surface area contributed by atoms with Crippen molar-refractivity contribution in [2.75, 3.05) is 0 Å². The van der Waals surface area contributed by atoms with Gasteiger partial charge in [0.2, 0.25) is 0 Å². The maximum Gasteiger partial charge on any atom is 0.527 e. The van der Waals surface area contributed by atoms with Crippen LogP contribution in [0.4, 0.5) is 35.1 Å². The van der Waals surface area contributed by atoms with E-state index in [-0.39, 0.29) is 0 Å². The van der Waals surface area contributed by atoms with Crippen LogP contribution in [0.1, 0.15) is 0 Å². The molecule has 90 valence electrons. The first kappa shape index (κ1) is 14.1. The lowest BCUT2D eigenvalue weighted by molar-refractivity contribution is -0.444. The largest absolute Gasteiger partial charge is 0.527 e. The van der Waals surface area contributed by atoms with Crippen molar-refractivity contribution in [3.05, 3.63) is 12.7 Å². The van der Waals surface area contributed by atoms with Gasteiger partial charge in [0.1, 0.15) is 0 Å². The molecule has 0 amide bonds. The molecule has 0 aromatic carbocycles. The van der Waals surface area contributed by atoms with Crippen molar-refractivity contribution < 1.29 is 39.9 Å². The topological polar surface area (TPSA) is 9.23 Å². The van der Waals surface area contributed by atoms with Crippen molar-refractivity contribution in [1.82, 2.24) is 0 Å². The molecule has 0 saturated heterocycles. The number of alkyl halides is 8. The van der Waals surface area contributed by atoms with Crippen LogP contribution in [0.5, 0.6) is 0 Å². The Morgan fingerprint density at radius 1 is 1.00 bits per heavy atom. The monoisotopic (exact) mass is 244 g/mol. The maximum absolute atomic E-state index is 12.3. The molecule has 0 N–H and O–H groups in total. The Morgan fingerprint density at radius 2 is 1.40 bits per heavy atom. The summed E-state index contributed by atoms with van der Waals surface area (Å²) >= 11 is 0. The third-order valence-corrected chi connectivity index (χ3v) is 1.16. The molecule has 0 aliphatic carbocycles. The Kier molecular flexibility index (Phi) is 3.72. The predicted octanol–water partition coefficient (Wildman–Crippen LogP) is 3.28. The van der Waals surface area contributed by atoms with Crippen molar-refractivity contribution in [1.29, 1.82) is 0 Å². The average Bonchev–Trinajstić information content (AvgIpc) is 1.98. The molecular formula is C6H4F8O. The number of halogens is 8. The zero-order valence-corrected chi connectivity index (χ0v) is 6.79. The molecule has 0 radical (unpaired) electrons. The van der Waals surface area contributed by atoms with Gasteiger partial charge in [0.25, 0.3) is 6.17 Å². The van der Waals surface area contributed by atoms with E-state index in [1.165, 1.54) is 0 Å². The highest BCUT2D eigenvalue weighted by Crippen LogP contribution is 2.39. The molecule has 0 aliphatic rings. The minimum absolute atomic E-state index is 0.536. The van der Waals surface area contributed by atoms with Crippen LogP contribution in [0.25, 0.3) is 0 Å². The summed E-state index contributed by atoms with van der Waals surface area (Å²) in [5.41, 5.74) is 0. The highest BCUT2D eigenvalue weighted by atomic mass is 19.4. The van der Waals surface area contributed by atoms with Gasteiger partial charge in [-0.15, -0.1) is 13.2 Å². The predicted molar refractivity (Wildman–Crippen MR) is 32.1 cm³/mol. The molecule has 0 aliphatic heterocycles. The number of hydrogen-bond acceptors (Lipinski definition) is 1.